The molecule has 5 heteroatoms. The first-order chi connectivity index (χ1) is 12.5. The van der Waals surface area contributed by atoms with Gasteiger partial charge in [0.25, 0.3) is 11.8 Å². The highest BCUT2D eigenvalue weighted by atomic mass is 79.9. The van der Waals surface area contributed by atoms with E-state index in [1.165, 1.54) is 4.90 Å². The highest BCUT2D eigenvalue weighted by Crippen LogP contribution is 2.33. The zero-order valence-corrected chi connectivity index (χ0v) is 15.5. The predicted molar refractivity (Wildman–Crippen MR) is 103 cm³/mol. The van der Waals surface area contributed by atoms with E-state index in [-0.39, 0.29) is 11.8 Å². The Morgan fingerprint density at radius 1 is 0.808 bits per heavy atom. The largest absolute Gasteiger partial charge is 0.457 e. The Balaban J connectivity index is 1.69. The molecule has 0 bridgehead atoms. The van der Waals surface area contributed by atoms with Crippen molar-refractivity contribution in [2.24, 2.45) is 0 Å². The van der Waals surface area contributed by atoms with Crippen LogP contribution in [-0.2, 0) is 0 Å². The lowest BCUT2D eigenvalue weighted by atomic mass is 10.1. The molecule has 1 heterocycles. The molecule has 0 N–H and O–H groups in total. The van der Waals surface area contributed by atoms with Crippen LogP contribution in [0.15, 0.2) is 71.2 Å². The van der Waals surface area contributed by atoms with E-state index in [1.807, 2.05) is 49.4 Å². The minimum absolute atomic E-state index is 0.321. The average molecular weight is 408 g/mol. The lowest BCUT2D eigenvalue weighted by molar-refractivity contribution is 0.0926. The molecular weight excluding hydrogens is 394 g/mol. The Hall–Kier alpha value is -2.92. The van der Waals surface area contributed by atoms with Gasteiger partial charge in [0.05, 0.1) is 16.8 Å². The van der Waals surface area contributed by atoms with Gasteiger partial charge < -0.3 is 4.74 Å². The van der Waals surface area contributed by atoms with Gasteiger partial charge in [-0.1, -0.05) is 34.1 Å². The molecule has 0 spiro atoms. The summed E-state index contributed by atoms with van der Waals surface area (Å²) in [5.74, 6) is 0.526. The fourth-order valence-corrected chi connectivity index (χ4v) is 3.16. The molecule has 2 amide bonds. The van der Waals surface area contributed by atoms with Gasteiger partial charge in [0.15, 0.2) is 0 Å². The molecule has 0 unspecified atom stereocenters. The second-order valence-corrected chi connectivity index (χ2v) is 6.86. The first kappa shape index (κ1) is 16.5. The molecular formula is C21H14BrNO3. The summed E-state index contributed by atoms with van der Waals surface area (Å²) >= 11 is 3.43. The van der Waals surface area contributed by atoms with Crippen LogP contribution in [0.25, 0.3) is 0 Å². The number of benzene rings is 3. The number of carbonyl (C=O) groups is 2. The van der Waals surface area contributed by atoms with Crippen LogP contribution in [0.4, 0.5) is 5.69 Å². The quantitative estimate of drug-likeness (QED) is 0.549. The summed E-state index contributed by atoms with van der Waals surface area (Å²) in [5.41, 5.74) is 2.24. The highest BCUT2D eigenvalue weighted by Gasteiger charge is 2.37. The molecule has 0 fully saturated rings. The summed E-state index contributed by atoms with van der Waals surface area (Å²) in [6.07, 6.45) is 0. The predicted octanol–water partition coefficient (Wildman–Crippen LogP) is 5.35. The molecule has 1 aliphatic rings. The zero-order chi connectivity index (χ0) is 18.3. The maximum Gasteiger partial charge on any atom is 0.266 e. The number of hydrogen-bond acceptors (Lipinski definition) is 3. The summed E-state index contributed by atoms with van der Waals surface area (Å²) < 4.78 is 6.70. The van der Waals surface area contributed by atoms with Crippen molar-refractivity contribution >= 4 is 33.4 Å². The van der Waals surface area contributed by atoms with Crippen molar-refractivity contribution in [2.75, 3.05) is 4.90 Å². The molecule has 4 rings (SSSR count). The van der Waals surface area contributed by atoms with E-state index in [4.69, 9.17) is 4.74 Å². The smallest absolute Gasteiger partial charge is 0.266 e. The second kappa shape index (κ2) is 6.42. The zero-order valence-electron chi connectivity index (χ0n) is 13.9. The fraction of sp³-hybridized carbons (Fsp3) is 0.0476. The Morgan fingerprint density at radius 2 is 1.54 bits per heavy atom. The maximum atomic E-state index is 12.8. The molecule has 3 aromatic rings. The third kappa shape index (κ3) is 2.80. The number of para-hydroxylation sites is 1. The number of hydrogen-bond donors (Lipinski definition) is 0. The normalized spacial score (nSPS) is 13.1. The third-order valence-corrected chi connectivity index (χ3v) is 5.13. The highest BCUT2D eigenvalue weighted by molar-refractivity contribution is 9.10. The Labute approximate surface area is 159 Å². The van der Waals surface area contributed by atoms with Crippen molar-refractivity contribution in [3.05, 3.63) is 87.9 Å². The number of carbonyl (C=O) groups excluding carboxylic acids is 2. The van der Waals surface area contributed by atoms with Gasteiger partial charge >= 0.3 is 0 Å². The number of halogens is 1. The van der Waals surface area contributed by atoms with E-state index in [9.17, 15) is 9.59 Å². The summed E-state index contributed by atoms with van der Waals surface area (Å²) in [6, 6.07) is 19.7. The van der Waals surface area contributed by atoms with Crippen LogP contribution in [-0.4, -0.2) is 11.8 Å². The van der Waals surface area contributed by atoms with E-state index in [2.05, 4.69) is 15.9 Å². The van der Waals surface area contributed by atoms with Gasteiger partial charge in [-0.15, -0.1) is 0 Å². The van der Waals surface area contributed by atoms with Crippen molar-refractivity contribution in [2.45, 2.75) is 6.92 Å². The molecule has 3 aromatic carbocycles. The first-order valence-electron chi connectivity index (χ1n) is 8.06. The van der Waals surface area contributed by atoms with Crippen molar-refractivity contribution in [3.8, 4) is 11.5 Å². The van der Waals surface area contributed by atoms with Crippen LogP contribution in [0.5, 0.6) is 11.5 Å². The lowest BCUT2D eigenvalue weighted by Crippen LogP contribution is -2.29. The summed E-state index contributed by atoms with van der Waals surface area (Å²) in [7, 11) is 0. The summed E-state index contributed by atoms with van der Waals surface area (Å²) in [6.45, 7) is 1.91. The molecule has 4 nitrogen and oxygen atoms in total. The molecule has 0 saturated heterocycles. The Kier molecular flexibility index (Phi) is 4.09. The summed E-state index contributed by atoms with van der Waals surface area (Å²) in [5, 5.41) is 0. The minimum atomic E-state index is -0.342. The number of nitrogens with zero attached hydrogens (tertiary/aromatic N) is 1. The number of rotatable bonds is 3. The minimum Gasteiger partial charge on any atom is -0.457 e. The van der Waals surface area contributed by atoms with Crippen LogP contribution in [0.1, 0.15) is 26.3 Å². The number of ether oxygens (including phenoxy) is 1. The Bertz CT molecular complexity index is 1030. The van der Waals surface area contributed by atoms with Gasteiger partial charge in [-0.25, -0.2) is 4.90 Å². The van der Waals surface area contributed by atoms with Gasteiger partial charge in [0.2, 0.25) is 0 Å². The van der Waals surface area contributed by atoms with Gasteiger partial charge in [-0.05, 0) is 61.0 Å². The van der Waals surface area contributed by atoms with Gasteiger partial charge in [-0.2, -0.15) is 0 Å². The average Bonchev–Trinajstić information content (AvgIpc) is 2.89. The van der Waals surface area contributed by atoms with E-state index in [0.717, 1.165) is 10.0 Å². The van der Waals surface area contributed by atoms with Crippen LogP contribution < -0.4 is 9.64 Å². The first-order valence-corrected chi connectivity index (χ1v) is 8.86. The van der Waals surface area contributed by atoms with Gasteiger partial charge in [-0.3, -0.25) is 9.59 Å². The summed E-state index contributed by atoms with van der Waals surface area (Å²) in [4.78, 5) is 26.8. The molecule has 26 heavy (non-hydrogen) atoms. The third-order valence-electron chi connectivity index (χ3n) is 4.24. The van der Waals surface area contributed by atoms with Crippen LogP contribution >= 0.6 is 15.9 Å². The van der Waals surface area contributed by atoms with Gasteiger partial charge in [0.1, 0.15) is 11.5 Å². The van der Waals surface area contributed by atoms with Gasteiger partial charge in [0, 0.05) is 4.47 Å². The number of aryl methyl sites for hydroxylation is 1. The standard InChI is InChI=1S/C21H14BrNO3/c1-13-11-14(7-10-19(13)22)23-20(24)17-9-8-16(12-18(17)21(23)25)26-15-5-3-2-4-6-15/h2-12H,1H3. The molecule has 0 aromatic heterocycles. The number of amides is 2. The monoisotopic (exact) mass is 407 g/mol. The van der Waals surface area contributed by atoms with E-state index < -0.39 is 0 Å². The van der Waals surface area contributed by atoms with Crippen LogP contribution in [0.2, 0.25) is 0 Å². The van der Waals surface area contributed by atoms with E-state index in [1.54, 1.807) is 24.3 Å². The van der Waals surface area contributed by atoms with Crippen LogP contribution in [0.3, 0.4) is 0 Å². The molecule has 0 aliphatic carbocycles. The number of anilines is 1. The van der Waals surface area contributed by atoms with Crippen molar-refractivity contribution in [1.29, 1.82) is 0 Å². The molecule has 1 aliphatic heterocycles. The number of imide groups is 1. The molecule has 0 radical (unpaired) electrons. The molecule has 0 atom stereocenters. The number of fused-ring (bicyclic) bond motifs is 1. The fourth-order valence-electron chi connectivity index (χ4n) is 2.91. The topological polar surface area (TPSA) is 46.6 Å². The lowest BCUT2D eigenvalue weighted by Gasteiger charge is -2.14. The van der Waals surface area contributed by atoms with E-state index in [0.29, 0.717) is 28.3 Å². The van der Waals surface area contributed by atoms with Crippen molar-refractivity contribution < 1.29 is 14.3 Å². The van der Waals surface area contributed by atoms with Crippen LogP contribution in [0, 0.1) is 6.92 Å². The maximum absolute atomic E-state index is 12.8. The van der Waals surface area contributed by atoms with Crippen molar-refractivity contribution in [3.63, 3.8) is 0 Å². The van der Waals surface area contributed by atoms with E-state index >= 15 is 0 Å². The second-order valence-electron chi connectivity index (χ2n) is 6.00. The SMILES string of the molecule is Cc1cc(N2C(=O)c3ccc(Oc4ccccc4)cc3C2=O)ccc1Br. The molecule has 0 saturated carbocycles. The molecule has 128 valence electrons. The van der Waals surface area contributed by atoms with Crippen molar-refractivity contribution in [1.82, 2.24) is 0 Å². The Morgan fingerprint density at radius 3 is 2.27 bits per heavy atom.